The molecule has 0 spiro atoms. The summed E-state index contributed by atoms with van der Waals surface area (Å²) in [6.07, 6.45) is 2.38. The molecule has 0 aliphatic carbocycles. The van der Waals surface area contributed by atoms with Gasteiger partial charge in [-0.2, -0.15) is 0 Å². The Kier molecular flexibility index (Phi) is 8.93. The lowest BCUT2D eigenvalue weighted by Gasteiger charge is -2.34. The van der Waals surface area contributed by atoms with E-state index in [-0.39, 0.29) is 24.3 Å². The molecule has 1 atom stereocenters. The molecule has 0 bridgehead atoms. The number of likely N-dealkylation sites (N-methyl/N-ethyl adjacent to an activating group) is 1. The highest BCUT2D eigenvalue weighted by Gasteiger charge is 2.33. The minimum atomic E-state index is -0.541. The number of hydrogen-bond donors (Lipinski definition) is 0. The standard InChI is InChI=1S/C28H36FN3O4/c1-3-35-28(34)25-6-4-5-13-32(25)27(33)20-36-26-12-9-22(21-7-10-24(29)11-8-21)18-23(26)19-31-16-14-30(2)15-17-31/h7-12,18,25H,3-6,13-17,19-20H2,1-2H3/t25-/m1/s1. The molecular weight excluding hydrogens is 461 g/mol. The van der Waals surface area contributed by atoms with Crippen molar-refractivity contribution in [3.05, 3.63) is 53.8 Å². The number of piperazine rings is 1. The average Bonchev–Trinajstić information content (AvgIpc) is 2.89. The molecule has 194 valence electrons. The van der Waals surface area contributed by atoms with Crippen LogP contribution in [-0.4, -0.2) is 85.6 Å². The van der Waals surface area contributed by atoms with Crippen molar-refractivity contribution in [3.63, 3.8) is 0 Å². The first kappa shape index (κ1) is 26.1. The average molecular weight is 498 g/mol. The summed E-state index contributed by atoms with van der Waals surface area (Å²) in [7, 11) is 2.12. The Morgan fingerprint density at radius 1 is 0.972 bits per heavy atom. The van der Waals surface area contributed by atoms with Gasteiger partial charge in [-0.15, -0.1) is 0 Å². The second-order valence-corrected chi connectivity index (χ2v) is 9.55. The zero-order chi connectivity index (χ0) is 25.5. The van der Waals surface area contributed by atoms with Crippen LogP contribution >= 0.6 is 0 Å². The molecule has 4 rings (SSSR count). The maximum atomic E-state index is 13.4. The number of esters is 1. The predicted octanol–water partition coefficient (Wildman–Crippen LogP) is 3.56. The van der Waals surface area contributed by atoms with Crippen LogP contribution in [0.15, 0.2) is 42.5 Å². The normalized spacial score (nSPS) is 19.2. The van der Waals surface area contributed by atoms with Gasteiger partial charge in [-0.25, -0.2) is 9.18 Å². The molecule has 0 aromatic heterocycles. The largest absolute Gasteiger partial charge is 0.483 e. The molecule has 36 heavy (non-hydrogen) atoms. The zero-order valence-corrected chi connectivity index (χ0v) is 21.2. The van der Waals surface area contributed by atoms with Gasteiger partial charge >= 0.3 is 5.97 Å². The van der Waals surface area contributed by atoms with E-state index in [2.05, 4.69) is 22.9 Å². The van der Waals surface area contributed by atoms with Gasteiger partial charge in [0.2, 0.25) is 0 Å². The molecule has 2 aliphatic heterocycles. The monoisotopic (exact) mass is 497 g/mol. The Labute approximate surface area is 212 Å². The lowest BCUT2D eigenvalue weighted by Crippen LogP contribution is -2.50. The second-order valence-electron chi connectivity index (χ2n) is 9.55. The summed E-state index contributed by atoms with van der Waals surface area (Å²) >= 11 is 0. The number of likely N-dealkylation sites (tertiary alicyclic amines) is 1. The molecule has 2 fully saturated rings. The number of carbonyl (C=O) groups is 2. The first-order valence-electron chi connectivity index (χ1n) is 12.8. The number of nitrogens with zero attached hydrogens (tertiary/aromatic N) is 3. The molecule has 2 aromatic rings. The molecule has 1 amide bonds. The van der Waals surface area contributed by atoms with E-state index >= 15 is 0 Å². The SMILES string of the molecule is CCOC(=O)[C@H]1CCCCN1C(=O)COc1ccc(-c2ccc(F)cc2)cc1CN1CCN(C)CC1. The Morgan fingerprint density at radius 3 is 2.42 bits per heavy atom. The topological polar surface area (TPSA) is 62.3 Å². The number of benzene rings is 2. The molecule has 2 aromatic carbocycles. The van der Waals surface area contributed by atoms with Gasteiger partial charge in [-0.1, -0.05) is 18.2 Å². The highest BCUT2D eigenvalue weighted by molar-refractivity contribution is 5.85. The Morgan fingerprint density at radius 2 is 1.69 bits per heavy atom. The van der Waals surface area contributed by atoms with Crippen molar-refractivity contribution < 1.29 is 23.5 Å². The zero-order valence-electron chi connectivity index (χ0n) is 21.2. The number of halogens is 1. The molecule has 2 saturated heterocycles. The number of rotatable bonds is 8. The predicted molar refractivity (Wildman–Crippen MR) is 136 cm³/mol. The highest BCUT2D eigenvalue weighted by atomic mass is 19.1. The summed E-state index contributed by atoms with van der Waals surface area (Å²) in [4.78, 5) is 31.8. The molecule has 0 N–H and O–H groups in total. The molecule has 2 aliphatic rings. The molecule has 0 saturated carbocycles. The van der Waals surface area contributed by atoms with Crippen molar-refractivity contribution in [2.24, 2.45) is 0 Å². The lowest BCUT2D eigenvalue weighted by atomic mass is 10.0. The first-order valence-corrected chi connectivity index (χ1v) is 12.8. The van der Waals surface area contributed by atoms with Gasteiger partial charge in [-0.05, 0) is 68.6 Å². The molecule has 8 heteroatoms. The van der Waals surface area contributed by atoms with Gasteiger partial charge in [0, 0.05) is 44.8 Å². The van der Waals surface area contributed by atoms with E-state index in [1.165, 1.54) is 12.1 Å². The van der Waals surface area contributed by atoms with Gasteiger partial charge in [0.15, 0.2) is 6.61 Å². The summed E-state index contributed by atoms with van der Waals surface area (Å²) in [5.41, 5.74) is 2.87. The summed E-state index contributed by atoms with van der Waals surface area (Å²) in [5.74, 6) is -0.169. The number of piperidine rings is 1. The molecule has 0 radical (unpaired) electrons. The highest BCUT2D eigenvalue weighted by Crippen LogP contribution is 2.29. The van der Waals surface area contributed by atoms with Crippen LogP contribution in [0, 0.1) is 5.82 Å². The van der Waals surface area contributed by atoms with Crippen LogP contribution in [-0.2, 0) is 20.9 Å². The van der Waals surface area contributed by atoms with Crippen molar-refractivity contribution in [3.8, 4) is 16.9 Å². The van der Waals surface area contributed by atoms with Crippen molar-refractivity contribution in [1.82, 2.24) is 14.7 Å². The van der Waals surface area contributed by atoms with Crippen LogP contribution in [0.2, 0.25) is 0 Å². The lowest BCUT2D eigenvalue weighted by molar-refractivity contribution is -0.157. The summed E-state index contributed by atoms with van der Waals surface area (Å²) in [6, 6.07) is 11.8. The van der Waals surface area contributed by atoms with E-state index in [1.54, 1.807) is 24.0 Å². The van der Waals surface area contributed by atoms with Gasteiger partial charge in [0.05, 0.1) is 6.61 Å². The summed E-state index contributed by atoms with van der Waals surface area (Å²) in [6.45, 7) is 7.05. The number of ether oxygens (including phenoxy) is 2. The summed E-state index contributed by atoms with van der Waals surface area (Å²) in [5, 5.41) is 0. The smallest absolute Gasteiger partial charge is 0.328 e. The first-order chi connectivity index (χ1) is 17.4. The van der Waals surface area contributed by atoms with E-state index in [1.807, 2.05) is 12.1 Å². The van der Waals surface area contributed by atoms with Crippen LogP contribution in [0.1, 0.15) is 31.7 Å². The fraction of sp³-hybridized carbons (Fsp3) is 0.500. The minimum absolute atomic E-state index is 0.137. The third kappa shape index (κ3) is 6.62. The number of hydrogen-bond acceptors (Lipinski definition) is 6. The van der Waals surface area contributed by atoms with Gasteiger partial charge in [0.25, 0.3) is 5.91 Å². The fourth-order valence-corrected chi connectivity index (χ4v) is 4.85. The van der Waals surface area contributed by atoms with E-state index < -0.39 is 6.04 Å². The van der Waals surface area contributed by atoms with Crippen molar-refractivity contribution in [2.75, 3.05) is 53.0 Å². The van der Waals surface area contributed by atoms with E-state index in [0.717, 1.165) is 55.7 Å². The van der Waals surface area contributed by atoms with E-state index in [9.17, 15) is 14.0 Å². The fourth-order valence-electron chi connectivity index (χ4n) is 4.85. The Balaban J connectivity index is 1.50. The molecule has 2 heterocycles. The van der Waals surface area contributed by atoms with Gasteiger partial charge in [0.1, 0.15) is 17.6 Å². The van der Waals surface area contributed by atoms with Crippen LogP contribution < -0.4 is 4.74 Å². The van der Waals surface area contributed by atoms with Crippen LogP contribution in [0.3, 0.4) is 0 Å². The van der Waals surface area contributed by atoms with Crippen LogP contribution in [0.25, 0.3) is 11.1 Å². The molecular formula is C28H36FN3O4. The quantitative estimate of drug-likeness (QED) is 0.520. The third-order valence-corrected chi connectivity index (χ3v) is 6.96. The number of carbonyl (C=O) groups excluding carboxylic acids is 2. The minimum Gasteiger partial charge on any atom is -0.483 e. The molecule has 7 nitrogen and oxygen atoms in total. The number of amides is 1. The van der Waals surface area contributed by atoms with Crippen LogP contribution in [0.4, 0.5) is 4.39 Å². The Hall–Kier alpha value is -2.97. The van der Waals surface area contributed by atoms with Crippen molar-refractivity contribution >= 4 is 11.9 Å². The van der Waals surface area contributed by atoms with Gasteiger partial charge in [-0.3, -0.25) is 9.69 Å². The van der Waals surface area contributed by atoms with E-state index in [4.69, 9.17) is 9.47 Å². The van der Waals surface area contributed by atoms with Crippen LogP contribution in [0.5, 0.6) is 5.75 Å². The van der Waals surface area contributed by atoms with Crippen molar-refractivity contribution in [2.45, 2.75) is 38.8 Å². The summed E-state index contributed by atoms with van der Waals surface area (Å²) < 4.78 is 24.7. The second kappa shape index (κ2) is 12.3. The van der Waals surface area contributed by atoms with E-state index in [0.29, 0.717) is 31.9 Å². The van der Waals surface area contributed by atoms with Crippen molar-refractivity contribution in [1.29, 1.82) is 0 Å². The van der Waals surface area contributed by atoms with Gasteiger partial charge < -0.3 is 19.3 Å². The maximum Gasteiger partial charge on any atom is 0.328 e. The third-order valence-electron chi connectivity index (χ3n) is 6.96. The molecule has 0 unspecified atom stereocenters. The Bertz CT molecular complexity index is 1040. The maximum absolute atomic E-state index is 13.4.